The number of hydrogen-bond donors (Lipinski definition) is 1. The number of anilines is 1. The van der Waals surface area contributed by atoms with E-state index < -0.39 is 0 Å². The molecule has 1 unspecified atom stereocenters. The van der Waals surface area contributed by atoms with Crippen molar-refractivity contribution in [1.29, 1.82) is 0 Å². The summed E-state index contributed by atoms with van der Waals surface area (Å²) in [7, 11) is 3.30. The van der Waals surface area contributed by atoms with Crippen molar-refractivity contribution < 1.29 is 14.3 Å². The number of para-hydroxylation sites is 1. The van der Waals surface area contributed by atoms with Gasteiger partial charge in [-0.15, -0.1) is 11.8 Å². The third kappa shape index (κ3) is 4.53. The van der Waals surface area contributed by atoms with Gasteiger partial charge in [-0.3, -0.25) is 0 Å². The van der Waals surface area contributed by atoms with E-state index in [-0.39, 0.29) is 12.1 Å². The number of methoxy groups -OCH3 is 2. The van der Waals surface area contributed by atoms with Crippen molar-refractivity contribution in [1.82, 2.24) is 4.90 Å². The van der Waals surface area contributed by atoms with Gasteiger partial charge in [0.05, 0.1) is 25.9 Å². The average molecular weight is 427 g/mol. The molecule has 160 valence electrons. The van der Waals surface area contributed by atoms with Crippen LogP contribution in [0.4, 0.5) is 10.5 Å². The minimum Gasteiger partial charge on any atom is -0.497 e. The molecule has 1 aliphatic heterocycles. The summed E-state index contributed by atoms with van der Waals surface area (Å²) < 4.78 is 10.9. The Morgan fingerprint density at radius 3 is 2.60 bits per heavy atom. The molecule has 1 heterocycles. The van der Waals surface area contributed by atoms with Crippen LogP contribution < -0.4 is 14.8 Å². The van der Waals surface area contributed by atoms with Crippen molar-refractivity contribution in [2.45, 2.75) is 54.7 Å². The molecule has 0 bridgehead atoms. The van der Waals surface area contributed by atoms with E-state index in [4.69, 9.17) is 9.47 Å². The monoisotopic (exact) mass is 426 g/mol. The number of thioether (sulfide) groups is 1. The first-order valence-electron chi connectivity index (χ1n) is 10.7. The highest BCUT2D eigenvalue weighted by atomic mass is 32.2. The number of carbonyl (C=O) groups is 1. The lowest BCUT2D eigenvalue weighted by Gasteiger charge is -2.27. The molecule has 0 aromatic heterocycles. The molecule has 1 saturated carbocycles. The van der Waals surface area contributed by atoms with Crippen LogP contribution in [0, 0.1) is 0 Å². The maximum atomic E-state index is 13.3. The highest BCUT2D eigenvalue weighted by molar-refractivity contribution is 8.00. The number of carbonyl (C=O) groups excluding carboxylic acids is 1. The van der Waals surface area contributed by atoms with E-state index in [1.54, 1.807) is 14.2 Å². The van der Waals surface area contributed by atoms with Crippen LogP contribution in [-0.4, -0.2) is 36.9 Å². The predicted molar refractivity (Wildman–Crippen MR) is 122 cm³/mol. The minimum absolute atomic E-state index is 0.000466. The van der Waals surface area contributed by atoms with E-state index in [0.717, 1.165) is 47.0 Å². The van der Waals surface area contributed by atoms with Crippen LogP contribution in [0.3, 0.4) is 0 Å². The van der Waals surface area contributed by atoms with Gasteiger partial charge in [-0.1, -0.05) is 25.0 Å². The number of amides is 2. The molecule has 1 saturated heterocycles. The van der Waals surface area contributed by atoms with Crippen molar-refractivity contribution in [3.63, 3.8) is 0 Å². The fourth-order valence-electron chi connectivity index (χ4n) is 4.47. The highest BCUT2D eigenvalue weighted by Gasteiger charge is 2.32. The first kappa shape index (κ1) is 20.9. The summed E-state index contributed by atoms with van der Waals surface area (Å²) in [6.07, 6.45) is 7.05. The fraction of sp³-hybridized carbons (Fsp3) is 0.458. The second kappa shape index (κ2) is 9.65. The lowest BCUT2D eigenvalue weighted by Crippen LogP contribution is -2.34. The third-order valence-corrected chi connectivity index (χ3v) is 7.45. The normalized spacial score (nSPS) is 19.1. The molecule has 6 heteroatoms. The van der Waals surface area contributed by atoms with Crippen molar-refractivity contribution in [2.24, 2.45) is 0 Å². The Morgan fingerprint density at radius 2 is 1.83 bits per heavy atom. The molecule has 30 heavy (non-hydrogen) atoms. The molecule has 2 aromatic rings. The maximum Gasteiger partial charge on any atom is 0.322 e. The largest absolute Gasteiger partial charge is 0.497 e. The molecule has 1 N–H and O–H groups in total. The number of rotatable bonds is 6. The van der Waals surface area contributed by atoms with E-state index in [2.05, 4.69) is 11.4 Å². The molecule has 2 fully saturated rings. The van der Waals surface area contributed by atoms with E-state index in [1.807, 2.05) is 53.1 Å². The van der Waals surface area contributed by atoms with Crippen molar-refractivity contribution >= 4 is 23.5 Å². The van der Waals surface area contributed by atoms with Gasteiger partial charge in [0.25, 0.3) is 0 Å². The van der Waals surface area contributed by atoms with Gasteiger partial charge in [0.15, 0.2) is 0 Å². The van der Waals surface area contributed by atoms with Crippen molar-refractivity contribution in [3.05, 3.63) is 48.0 Å². The second-order valence-electron chi connectivity index (χ2n) is 7.91. The first-order valence-corrected chi connectivity index (χ1v) is 11.6. The fourth-order valence-corrected chi connectivity index (χ4v) is 5.80. The summed E-state index contributed by atoms with van der Waals surface area (Å²) in [5.41, 5.74) is 1.94. The lowest BCUT2D eigenvalue weighted by atomic mass is 10.0. The Bertz CT molecular complexity index is 883. The van der Waals surface area contributed by atoms with Gasteiger partial charge in [0.2, 0.25) is 0 Å². The van der Waals surface area contributed by atoms with Crippen LogP contribution in [0.15, 0.2) is 47.4 Å². The van der Waals surface area contributed by atoms with Crippen LogP contribution in [-0.2, 0) is 0 Å². The smallest absolute Gasteiger partial charge is 0.322 e. The molecule has 0 spiro atoms. The van der Waals surface area contributed by atoms with E-state index in [0.29, 0.717) is 5.25 Å². The number of benzene rings is 2. The molecule has 2 amide bonds. The molecule has 2 aromatic carbocycles. The second-order valence-corrected chi connectivity index (χ2v) is 9.25. The quantitative estimate of drug-likeness (QED) is 0.606. The summed E-state index contributed by atoms with van der Waals surface area (Å²) in [5.74, 6) is 1.51. The number of urea groups is 1. The van der Waals surface area contributed by atoms with Crippen LogP contribution in [0.1, 0.15) is 50.1 Å². The Morgan fingerprint density at radius 1 is 1.03 bits per heavy atom. The summed E-state index contributed by atoms with van der Waals surface area (Å²) in [6, 6.07) is 13.9. The Labute approximate surface area is 183 Å². The maximum absolute atomic E-state index is 13.3. The minimum atomic E-state index is -0.0464. The van der Waals surface area contributed by atoms with Gasteiger partial charge in [0, 0.05) is 28.3 Å². The molecule has 2 aliphatic rings. The van der Waals surface area contributed by atoms with Gasteiger partial charge in [-0.25, -0.2) is 4.79 Å². The summed E-state index contributed by atoms with van der Waals surface area (Å²) in [6.45, 7) is 0.740. The first-order chi connectivity index (χ1) is 14.7. The topological polar surface area (TPSA) is 50.8 Å². The zero-order valence-electron chi connectivity index (χ0n) is 17.7. The standard InChI is InChI=1S/C24H30N2O3S/c1-28-17-13-14-19(22(16-17)29-2)21-11-7-15-26(21)24(27)25-20-10-5-6-12-23(20)30-18-8-3-4-9-18/h5-6,10,12-14,16,18,21H,3-4,7-9,11,15H2,1-2H3,(H,25,27). The molecule has 4 rings (SSSR count). The zero-order valence-corrected chi connectivity index (χ0v) is 18.5. The van der Waals surface area contributed by atoms with Crippen LogP contribution >= 0.6 is 11.8 Å². The molecule has 1 atom stereocenters. The number of nitrogens with one attached hydrogen (secondary N) is 1. The van der Waals surface area contributed by atoms with E-state index in [1.165, 1.54) is 25.7 Å². The molecule has 0 radical (unpaired) electrons. The molecule has 5 nitrogen and oxygen atoms in total. The lowest BCUT2D eigenvalue weighted by molar-refractivity contribution is 0.206. The number of likely N-dealkylation sites (tertiary alicyclic amines) is 1. The van der Waals surface area contributed by atoms with Gasteiger partial charge >= 0.3 is 6.03 Å². The van der Waals surface area contributed by atoms with Crippen LogP contribution in [0.5, 0.6) is 11.5 Å². The van der Waals surface area contributed by atoms with Gasteiger partial charge < -0.3 is 19.7 Å². The zero-order chi connectivity index (χ0) is 20.9. The predicted octanol–water partition coefficient (Wildman–Crippen LogP) is 6.11. The van der Waals surface area contributed by atoms with Crippen LogP contribution in [0.2, 0.25) is 0 Å². The third-order valence-electron chi connectivity index (χ3n) is 6.04. The summed E-state index contributed by atoms with van der Waals surface area (Å²) in [4.78, 5) is 16.3. The SMILES string of the molecule is COc1ccc(C2CCCN2C(=O)Nc2ccccc2SC2CCCC2)c(OC)c1. The van der Waals surface area contributed by atoms with E-state index in [9.17, 15) is 4.79 Å². The Hall–Kier alpha value is -2.34. The Kier molecular flexibility index (Phi) is 6.72. The molecular formula is C24H30N2O3S. The van der Waals surface area contributed by atoms with Gasteiger partial charge in [-0.2, -0.15) is 0 Å². The summed E-state index contributed by atoms with van der Waals surface area (Å²) in [5, 5.41) is 3.85. The van der Waals surface area contributed by atoms with E-state index >= 15 is 0 Å². The number of ether oxygens (including phenoxy) is 2. The average Bonchev–Trinajstić information content (AvgIpc) is 3.46. The van der Waals surface area contributed by atoms with Crippen molar-refractivity contribution in [2.75, 3.05) is 26.1 Å². The molecular weight excluding hydrogens is 396 g/mol. The summed E-state index contributed by atoms with van der Waals surface area (Å²) >= 11 is 1.90. The van der Waals surface area contributed by atoms with Crippen molar-refractivity contribution in [3.8, 4) is 11.5 Å². The number of nitrogens with zero attached hydrogens (tertiary/aromatic N) is 1. The molecule has 1 aliphatic carbocycles. The number of hydrogen-bond acceptors (Lipinski definition) is 4. The Balaban J connectivity index is 1.51. The highest BCUT2D eigenvalue weighted by Crippen LogP contribution is 2.40. The van der Waals surface area contributed by atoms with Gasteiger partial charge in [-0.05, 0) is 49.9 Å². The van der Waals surface area contributed by atoms with Crippen LogP contribution in [0.25, 0.3) is 0 Å². The van der Waals surface area contributed by atoms with Gasteiger partial charge in [0.1, 0.15) is 11.5 Å².